The van der Waals surface area contributed by atoms with Gasteiger partial charge in [-0.25, -0.2) is 12.8 Å². The molecular weight excluding hydrogens is 457 g/mol. The third kappa shape index (κ3) is 5.11. The molecule has 0 aromatic heterocycles. The van der Waals surface area contributed by atoms with Crippen molar-refractivity contribution in [3.8, 4) is 0 Å². The average molecular weight is 490 g/mol. The van der Waals surface area contributed by atoms with Gasteiger partial charge in [-0.3, -0.25) is 4.79 Å². The van der Waals surface area contributed by atoms with Gasteiger partial charge in [0.1, 0.15) is 17.7 Å². The fraction of sp³-hybridized carbons (Fsp3) is 0.480. The van der Waals surface area contributed by atoms with Gasteiger partial charge in [-0.2, -0.15) is 4.31 Å². The summed E-state index contributed by atoms with van der Waals surface area (Å²) in [5, 5.41) is -0.607. The van der Waals surface area contributed by atoms with Crippen LogP contribution < -0.4 is 4.90 Å². The molecule has 2 aliphatic heterocycles. The summed E-state index contributed by atoms with van der Waals surface area (Å²) in [4.78, 5) is 15.8. The third-order valence-electron chi connectivity index (χ3n) is 6.82. The molecule has 2 aromatic rings. The van der Waals surface area contributed by atoms with Crippen molar-refractivity contribution in [2.24, 2.45) is 0 Å². The Morgan fingerprint density at radius 2 is 1.76 bits per heavy atom. The number of ether oxygens (including phenoxy) is 1. The van der Waals surface area contributed by atoms with Crippen molar-refractivity contribution in [1.29, 1.82) is 0 Å². The van der Waals surface area contributed by atoms with Crippen molar-refractivity contribution in [1.82, 2.24) is 9.21 Å². The van der Waals surface area contributed by atoms with E-state index in [1.54, 1.807) is 11.0 Å². The summed E-state index contributed by atoms with van der Waals surface area (Å²) < 4.78 is 48.4. The van der Waals surface area contributed by atoms with Crippen LogP contribution in [0.5, 0.6) is 0 Å². The highest BCUT2D eigenvalue weighted by atomic mass is 32.2. The Morgan fingerprint density at radius 3 is 2.41 bits per heavy atom. The van der Waals surface area contributed by atoms with E-state index in [4.69, 9.17) is 4.74 Å². The molecule has 2 fully saturated rings. The van der Waals surface area contributed by atoms with E-state index in [1.165, 1.54) is 17.5 Å². The largest absolute Gasteiger partial charge is 0.375 e. The number of methoxy groups -OCH3 is 1. The first kappa shape index (κ1) is 24.6. The highest BCUT2D eigenvalue weighted by molar-refractivity contribution is 7.89. The van der Waals surface area contributed by atoms with Crippen LogP contribution in [-0.2, 0) is 26.1 Å². The highest BCUT2D eigenvalue weighted by Crippen LogP contribution is 2.38. The number of piperazine rings is 1. The molecule has 7 nitrogen and oxygen atoms in total. The zero-order chi connectivity index (χ0) is 24.3. The van der Waals surface area contributed by atoms with E-state index in [1.807, 2.05) is 48.2 Å². The Kier molecular flexibility index (Phi) is 7.54. The predicted molar refractivity (Wildman–Crippen MR) is 129 cm³/mol. The summed E-state index contributed by atoms with van der Waals surface area (Å²) in [7, 11) is -2.13. The van der Waals surface area contributed by atoms with Crippen LogP contribution in [0, 0.1) is 5.82 Å². The number of halogens is 1. The van der Waals surface area contributed by atoms with Crippen LogP contribution in [0.25, 0.3) is 0 Å². The van der Waals surface area contributed by atoms with Gasteiger partial charge < -0.3 is 14.5 Å². The second-order valence-electron chi connectivity index (χ2n) is 8.99. The summed E-state index contributed by atoms with van der Waals surface area (Å²) >= 11 is 0. The van der Waals surface area contributed by atoms with E-state index in [-0.39, 0.29) is 25.1 Å². The van der Waals surface area contributed by atoms with E-state index < -0.39 is 21.1 Å². The summed E-state index contributed by atoms with van der Waals surface area (Å²) in [5.41, 5.74) is 1.87. The molecule has 184 valence electrons. The predicted octanol–water partition coefficient (Wildman–Crippen LogP) is 3.18. The summed E-state index contributed by atoms with van der Waals surface area (Å²) in [5.74, 6) is -0.464. The molecule has 0 N–H and O–H groups in total. The van der Waals surface area contributed by atoms with Crippen LogP contribution in [0.2, 0.25) is 0 Å². The maximum absolute atomic E-state index is 15.1. The zero-order valence-electron chi connectivity index (χ0n) is 19.7. The molecule has 9 heteroatoms. The minimum Gasteiger partial charge on any atom is -0.375 e. The van der Waals surface area contributed by atoms with E-state index in [0.717, 1.165) is 17.7 Å². The molecule has 4 rings (SSSR count). The van der Waals surface area contributed by atoms with Crippen molar-refractivity contribution in [3.05, 3.63) is 65.5 Å². The van der Waals surface area contributed by atoms with Crippen LogP contribution in [0.3, 0.4) is 0 Å². The van der Waals surface area contributed by atoms with Crippen LogP contribution in [0.4, 0.5) is 10.1 Å². The zero-order valence-corrected chi connectivity index (χ0v) is 20.5. The molecule has 2 aliphatic rings. The molecule has 1 amide bonds. The van der Waals surface area contributed by atoms with Gasteiger partial charge in [0.25, 0.3) is 0 Å². The van der Waals surface area contributed by atoms with Crippen LogP contribution in [0.1, 0.15) is 36.1 Å². The Bertz CT molecular complexity index is 1100. The number of rotatable bonds is 6. The molecule has 2 saturated heterocycles. The van der Waals surface area contributed by atoms with Gasteiger partial charge in [0, 0.05) is 57.1 Å². The number of carbonyl (C=O) groups excluding carboxylic acids is 1. The second-order valence-corrected chi connectivity index (χ2v) is 11.1. The third-order valence-corrected chi connectivity index (χ3v) is 9.19. The number of amides is 1. The van der Waals surface area contributed by atoms with Gasteiger partial charge in [0.15, 0.2) is 0 Å². The molecule has 2 atom stereocenters. The van der Waals surface area contributed by atoms with Gasteiger partial charge in [0.2, 0.25) is 15.9 Å². The lowest BCUT2D eigenvalue weighted by Gasteiger charge is -2.38. The number of nitrogens with zero attached hydrogens (tertiary/aromatic N) is 3. The van der Waals surface area contributed by atoms with Crippen LogP contribution in [0.15, 0.2) is 48.5 Å². The first-order valence-electron chi connectivity index (χ1n) is 11.7. The highest BCUT2D eigenvalue weighted by Gasteiger charge is 2.40. The van der Waals surface area contributed by atoms with E-state index in [9.17, 15) is 13.2 Å². The number of carbonyl (C=O) groups is 1. The molecule has 0 radical (unpaired) electrons. The summed E-state index contributed by atoms with van der Waals surface area (Å²) in [6, 6.07) is 14.0. The number of hydrogen-bond acceptors (Lipinski definition) is 5. The molecule has 34 heavy (non-hydrogen) atoms. The van der Waals surface area contributed by atoms with Crippen molar-refractivity contribution < 1.29 is 22.3 Å². The summed E-state index contributed by atoms with van der Waals surface area (Å²) in [6.07, 6.45) is 1.29. The minimum atomic E-state index is -3.62. The topological polar surface area (TPSA) is 70.2 Å². The maximum Gasteiger partial charge on any atom is 0.248 e. The van der Waals surface area contributed by atoms with Gasteiger partial charge in [-0.05, 0) is 37.5 Å². The maximum atomic E-state index is 15.1. The molecule has 2 heterocycles. The van der Waals surface area contributed by atoms with Crippen molar-refractivity contribution in [2.45, 2.75) is 37.6 Å². The lowest BCUT2D eigenvalue weighted by molar-refractivity contribution is -0.135. The minimum absolute atomic E-state index is 0.0121. The standard InChI is InChI=1S/C25H32FN3O4S/c1-19-8-11-24(20-6-4-3-5-7-20)34(31,32)29(19)17-21-9-10-22(16-23(21)26)27-12-14-28(15-13-27)25(30)18-33-2/h3-7,9-10,16,19,24H,8,11-15,17-18H2,1-2H3/t19-,24?/m0/s1. The fourth-order valence-corrected chi connectivity index (χ4v) is 7.00. The van der Waals surface area contributed by atoms with Crippen LogP contribution in [-0.4, -0.2) is 69.5 Å². The molecule has 0 saturated carbocycles. The van der Waals surface area contributed by atoms with E-state index in [0.29, 0.717) is 38.2 Å². The normalized spacial score (nSPS) is 23.1. The van der Waals surface area contributed by atoms with Gasteiger partial charge in [-0.1, -0.05) is 36.4 Å². The Labute approximate surface area is 201 Å². The Morgan fingerprint density at radius 1 is 1.06 bits per heavy atom. The van der Waals surface area contributed by atoms with Crippen LogP contribution >= 0.6 is 0 Å². The first-order valence-corrected chi connectivity index (χ1v) is 13.2. The molecule has 0 spiro atoms. The van der Waals surface area contributed by atoms with Gasteiger partial charge in [0.05, 0.1) is 0 Å². The lowest BCUT2D eigenvalue weighted by Crippen LogP contribution is -2.49. The fourth-order valence-electron chi connectivity index (χ4n) is 4.81. The van der Waals surface area contributed by atoms with Crippen molar-refractivity contribution in [2.75, 3.05) is 44.8 Å². The average Bonchev–Trinajstić information content (AvgIpc) is 2.83. The first-order chi connectivity index (χ1) is 16.3. The van der Waals surface area contributed by atoms with E-state index >= 15 is 4.39 Å². The molecule has 2 aromatic carbocycles. The summed E-state index contributed by atoms with van der Waals surface area (Å²) in [6.45, 7) is 4.26. The number of anilines is 1. The number of benzene rings is 2. The number of sulfonamides is 1. The SMILES string of the molecule is COCC(=O)N1CCN(c2ccc(CN3[C@@H](C)CCC(c4ccccc4)S3(=O)=O)c(F)c2)CC1. The molecule has 1 unspecified atom stereocenters. The van der Waals surface area contributed by atoms with Crippen molar-refractivity contribution in [3.63, 3.8) is 0 Å². The Balaban J connectivity index is 1.46. The van der Waals surface area contributed by atoms with Gasteiger partial charge >= 0.3 is 0 Å². The van der Waals surface area contributed by atoms with Crippen molar-refractivity contribution >= 4 is 21.6 Å². The molecular formula is C25H32FN3O4S. The van der Waals surface area contributed by atoms with E-state index in [2.05, 4.69) is 0 Å². The molecule has 0 aliphatic carbocycles. The molecule has 0 bridgehead atoms. The van der Waals surface area contributed by atoms with Gasteiger partial charge in [-0.15, -0.1) is 0 Å². The second kappa shape index (κ2) is 10.4. The monoisotopic (exact) mass is 489 g/mol. The lowest BCUT2D eigenvalue weighted by atomic mass is 10.0. The number of hydrogen-bond donors (Lipinski definition) is 0. The Hall–Kier alpha value is -2.49. The quantitative estimate of drug-likeness (QED) is 0.624. The smallest absolute Gasteiger partial charge is 0.248 e.